The number of hydrogen-bond donors (Lipinski definition) is 2. The monoisotopic (exact) mass is 540 g/mol. The Morgan fingerprint density at radius 1 is 1.07 bits per heavy atom. The summed E-state index contributed by atoms with van der Waals surface area (Å²) >= 11 is 0. The molecule has 1 aliphatic heterocycles. The summed E-state index contributed by atoms with van der Waals surface area (Å²) in [4.78, 5) is 12.8. The molecule has 0 bridgehead atoms. The van der Waals surface area contributed by atoms with Gasteiger partial charge in [0.05, 0.1) is 23.5 Å². The van der Waals surface area contributed by atoms with Gasteiger partial charge in [-0.2, -0.15) is 5.10 Å². The molecule has 0 fully saturated rings. The van der Waals surface area contributed by atoms with Gasteiger partial charge in [0.1, 0.15) is 11.4 Å². The number of carboxylic acids is 1. The minimum atomic E-state index is -0.855. The lowest BCUT2D eigenvalue weighted by molar-refractivity contribution is 0.0684. The standard InChI is InChI=1S/C33H40N4O3/c1-22-30-27-15-9-14-25-26(16-10-20-40-29-17-8-12-23-11-4-5-13-24(23)29)32(33(38)39)37(31(25)27)19-7-3-6-18-34-21-28(30)36(2)35-22/h8-9,12,14-15,17,34H,3-7,10-11,13,16,18-21H2,1-2H3,(H,38,39). The van der Waals surface area contributed by atoms with Crippen LogP contribution in [0.1, 0.15) is 77.1 Å². The summed E-state index contributed by atoms with van der Waals surface area (Å²) in [6, 6.07) is 12.7. The maximum Gasteiger partial charge on any atom is 0.352 e. The maximum absolute atomic E-state index is 12.8. The Morgan fingerprint density at radius 3 is 2.80 bits per heavy atom. The molecule has 210 valence electrons. The van der Waals surface area contributed by atoms with E-state index in [4.69, 9.17) is 9.84 Å². The van der Waals surface area contributed by atoms with Crippen LogP contribution < -0.4 is 10.1 Å². The van der Waals surface area contributed by atoms with Gasteiger partial charge in [-0.25, -0.2) is 4.79 Å². The summed E-state index contributed by atoms with van der Waals surface area (Å²) in [7, 11) is 2.00. The Balaban J connectivity index is 1.38. The van der Waals surface area contributed by atoms with E-state index >= 15 is 0 Å². The Hall–Kier alpha value is -3.58. The number of fused-ring (bicyclic) bond motifs is 3. The first-order chi connectivity index (χ1) is 19.5. The molecule has 2 aromatic carbocycles. The quantitative estimate of drug-likeness (QED) is 0.284. The number of aromatic nitrogens is 3. The largest absolute Gasteiger partial charge is 0.493 e. The summed E-state index contributed by atoms with van der Waals surface area (Å²) in [5.74, 6) is 0.145. The number of ether oxygens (including phenoxy) is 1. The molecule has 3 heterocycles. The number of para-hydroxylation sites is 1. The molecule has 0 saturated heterocycles. The lowest BCUT2D eigenvalue weighted by Gasteiger charge is -2.19. The fourth-order valence-electron chi connectivity index (χ4n) is 6.88. The predicted octanol–water partition coefficient (Wildman–Crippen LogP) is 6.21. The first kappa shape index (κ1) is 26.6. The van der Waals surface area contributed by atoms with Gasteiger partial charge in [-0.3, -0.25) is 4.68 Å². The van der Waals surface area contributed by atoms with E-state index in [0.717, 1.165) is 96.3 Å². The van der Waals surface area contributed by atoms with Crippen molar-refractivity contribution in [3.8, 4) is 16.9 Å². The van der Waals surface area contributed by atoms with Crippen LogP contribution in [0.3, 0.4) is 0 Å². The molecular weight excluding hydrogens is 500 g/mol. The van der Waals surface area contributed by atoms with E-state index < -0.39 is 5.97 Å². The van der Waals surface area contributed by atoms with Gasteiger partial charge in [-0.15, -0.1) is 0 Å². The fourth-order valence-corrected chi connectivity index (χ4v) is 6.88. The van der Waals surface area contributed by atoms with Gasteiger partial charge in [-0.05, 0) is 87.6 Å². The van der Waals surface area contributed by atoms with E-state index in [9.17, 15) is 9.90 Å². The third-order valence-electron chi connectivity index (χ3n) is 8.71. The number of rotatable bonds is 6. The number of nitrogens with zero attached hydrogens (tertiary/aromatic N) is 3. The number of benzene rings is 2. The normalized spacial score (nSPS) is 15.7. The zero-order valence-electron chi connectivity index (χ0n) is 23.8. The molecule has 0 atom stereocenters. The van der Waals surface area contributed by atoms with Crippen molar-refractivity contribution in [1.82, 2.24) is 19.7 Å². The van der Waals surface area contributed by atoms with Crippen LogP contribution in [-0.2, 0) is 39.4 Å². The molecule has 0 radical (unpaired) electrons. The van der Waals surface area contributed by atoms with E-state index in [1.54, 1.807) is 0 Å². The third-order valence-corrected chi connectivity index (χ3v) is 8.71. The summed E-state index contributed by atoms with van der Waals surface area (Å²) in [6.07, 6.45) is 9.14. The van der Waals surface area contributed by atoms with Gasteiger partial charge in [0, 0.05) is 36.7 Å². The molecule has 2 N–H and O–H groups in total. The third kappa shape index (κ3) is 4.92. The zero-order valence-corrected chi connectivity index (χ0v) is 23.8. The van der Waals surface area contributed by atoms with Crippen molar-refractivity contribution in [3.63, 3.8) is 0 Å². The van der Waals surface area contributed by atoms with E-state index in [1.807, 2.05) is 11.7 Å². The van der Waals surface area contributed by atoms with Crippen LogP contribution in [0.2, 0.25) is 0 Å². The van der Waals surface area contributed by atoms with Crippen LogP contribution in [0.4, 0.5) is 0 Å². The van der Waals surface area contributed by atoms with Gasteiger partial charge in [0.25, 0.3) is 0 Å². The lowest BCUT2D eigenvalue weighted by Crippen LogP contribution is -2.18. The van der Waals surface area contributed by atoms with Crippen LogP contribution in [-0.4, -0.2) is 38.6 Å². The van der Waals surface area contributed by atoms with Gasteiger partial charge in [0.2, 0.25) is 0 Å². The Morgan fingerprint density at radius 2 is 1.93 bits per heavy atom. The Bertz CT molecular complexity index is 1550. The van der Waals surface area contributed by atoms with Crippen LogP contribution in [0.15, 0.2) is 36.4 Å². The van der Waals surface area contributed by atoms with Crippen molar-refractivity contribution in [3.05, 3.63) is 70.2 Å². The molecule has 0 spiro atoms. The van der Waals surface area contributed by atoms with Crippen LogP contribution >= 0.6 is 0 Å². The predicted molar refractivity (Wildman–Crippen MR) is 158 cm³/mol. The van der Waals surface area contributed by atoms with E-state index in [0.29, 0.717) is 25.3 Å². The zero-order chi connectivity index (χ0) is 27.6. The highest BCUT2D eigenvalue weighted by molar-refractivity contribution is 6.04. The van der Waals surface area contributed by atoms with E-state index in [-0.39, 0.29) is 0 Å². The van der Waals surface area contributed by atoms with Gasteiger partial charge >= 0.3 is 5.97 Å². The van der Waals surface area contributed by atoms with Crippen molar-refractivity contribution in [2.24, 2.45) is 7.05 Å². The van der Waals surface area contributed by atoms with Gasteiger partial charge < -0.3 is 19.7 Å². The SMILES string of the molecule is Cc1nn(C)c2c1-c1cccc3c(CCCOc4cccc5c4CCCC5)c(C(=O)O)n(c13)CCCCCNC2. The minimum Gasteiger partial charge on any atom is -0.493 e. The number of nitrogens with one attached hydrogen (secondary N) is 1. The molecule has 6 rings (SSSR count). The van der Waals surface area contributed by atoms with Crippen molar-refractivity contribution in [2.75, 3.05) is 13.2 Å². The van der Waals surface area contributed by atoms with E-state index in [2.05, 4.69) is 53.2 Å². The Labute approximate surface area is 236 Å². The summed E-state index contributed by atoms with van der Waals surface area (Å²) in [5, 5.41) is 19.9. The van der Waals surface area contributed by atoms with Crippen LogP contribution in [0.25, 0.3) is 22.0 Å². The molecular formula is C33H40N4O3. The van der Waals surface area contributed by atoms with Gasteiger partial charge in [-0.1, -0.05) is 36.8 Å². The van der Waals surface area contributed by atoms with Crippen molar-refractivity contribution in [1.29, 1.82) is 0 Å². The number of aryl methyl sites for hydroxylation is 5. The molecule has 0 unspecified atom stereocenters. The topological polar surface area (TPSA) is 81.3 Å². The summed E-state index contributed by atoms with van der Waals surface area (Å²) in [5.41, 5.74) is 9.42. The second kappa shape index (κ2) is 11.5. The maximum atomic E-state index is 12.8. The first-order valence-electron chi connectivity index (χ1n) is 14.9. The molecule has 2 aliphatic rings. The van der Waals surface area contributed by atoms with Crippen LogP contribution in [0, 0.1) is 6.92 Å². The molecule has 0 saturated carbocycles. The minimum absolute atomic E-state index is 0.429. The second-order valence-electron chi connectivity index (χ2n) is 11.3. The molecule has 2 aromatic heterocycles. The molecule has 7 nitrogen and oxygen atoms in total. The van der Waals surface area contributed by atoms with Crippen molar-refractivity contribution in [2.45, 2.75) is 77.8 Å². The van der Waals surface area contributed by atoms with Crippen molar-refractivity contribution < 1.29 is 14.6 Å². The highest BCUT2D eigenvalue weighted by atomic mass is 16.5. The average molecular weight is 541 g/mol. The molecule has 1 aliphatic carbocycles. The second-order valence-corrected chi connectivity index (χ2v) is 11.3. The van der Waals surface area contributed by atoms with Crippen molar-refractivity contribution >= 4 is 16.9 Å². The fraction of sp³-hybridized carbons (Fsp3) is 0.455. The molecule has 4 aromatic rings. The van der Waals surface area contributed by atoms with Gasteiger partial charge in [0.15, 0.2) is 0 Å². The summed E-state index contributed by atoms with van der Waals surface area (Å²) in [6.45, 7) is 4.99. The lowest BCUT2D eigenvalue weighted by atomic mass is 9.91. The molecule has 0 amide bonds. The number of carbonyl (C=O) groups is 1. The average Bonchev–Trinajstić information content (AvgIpc) is 3.42. The number of carboxylic acid groups (broad SMARTS) is 1. The smallest absolute Gasteiger partial charge is 0.352 e. The first-order valence-corrected chi connectivity index (χ1v) is 14.9. The highest BCUT2D eigenvalue weighted by Gasteiger charge is 2.26. The molecule has 7 heteroatoms. The molecule has 40 heavy (non-hydrogen) atoms. The number of hydrogen-bond acceptors (Lipinski definition) is 4. The van der Waals surface area contributed by atoms with E-state index in [1.165, 1.54) is 24.0 Å². The highest BCUT2D eigenvalue weighted by Crippen LogP contribution is 2.38. The Kier molecular flexibility index (Phi) is 7.65. The number of aromatic carboxylic acids is 1. The summed E-state index contributed by atoms with van der Waals surface area (Å²) < 4.78 is 10.4. The van der Waals surface area contributed by atoms with Crippen LogP contribution in [0.5, 0.6) is 5.75 Å².